The van der Waals surface area contributed by atoms with E-state index in [1.165, 1.54) is 12.1 Å². The Morgan fingerprint density at radius 2 is 1.96 bits per heavy atom. The van der Waals surface area contributed by atoms with E-state index in [1.807, 2.05) is 0 Å². The average molecular weight is 393 g/mol. The molecule has 1 aliphatic rings. The molecule has 1 heterocycles. The highest BCUT2D eigenvalue weighted by molar-refractivity contribution is 6.32. The maximum atomic E-state index is 11.9. The molecule has 11 heteroatoms. The van der Waals surface area contributed by atoms with Crippen molar-refractivity contribution in [3.8, 4) is 0 Å². The highest BCUT2D eigenvalue weighted by Gasteiger charge is 2.17. The fourth-order valence-electron chi connectivity index (χ4n) is 2.14. The van der Waals surface area contributed by atoms with E-state index in [4.69, 9.17) is 16.3 Å². The van der Waals surface area contributed by atoms with Crippen LogP contribution in [0.15, 0.2) is 18.2 Å². The molecule has 1 aliphatic heterocycles. The van der Waals surface area contributed by atoms with Gasteiger partial charge in [0.15, 0.2) is 0 Å². The summed E-state index contributed by atoms with van der Waals surface area (Å²) < 4.78 is 5.21. The van der Waals surface area contributed by atoms with E-state index in [0.717, 1.165) is 19.2 Å². The quantitative estimate of drug-likeness (QED) is 0.573. The Bertz CT molecular complexity index is 638. The van der Waals surface area contributed by atoms with Crippen molar-refractivity contribution >= 4 is 41.5 Å². The number of nitro benzene ring substituents is 1. The van der Waals surface area contributed by atoms with Gasteiger partial charge in [-0.3, -0.25) is 35.5 Å². The Labute approximate surface area is 155 Å². The topological polar surface area (TPSA) is 114 Å². The molecule has 0 aromatic heterocycles. The summed E-state index contributed by atoms with van der Waals surface area (Å²) in [7, 11) is 0. The minimum atomic E-state index is -0.681. The number of halogens is 2. The van der Waals surface area contributed by atoms with Crippen LogP contribution in [0.4, 0.5) is 5.69 Å². The number of nitrogens with one attached hydrogen (secondary N) is 2. The van der Waals surface area contributed by atoms with Crippen molar-refractivity contribution in [3.05, 3.63) is 38.9 Å². The van der Waals surface area contributed by atoms with Crippen LogP contribution in [0.3, 0.4) is 0 Å². The van der Waals surface area contributed by atoms with Crippen molar-refractivity contribution in [2.75, 3.05) is 32.8 Å². The molecule has 138 valence electrons. The molecule has 2 rings (SSSR count). The number of morpholine rings is 1. The maximum Gasteiger partial charge on any atom is 0.288 e. The predicted molar refractivity (Wildman–Crippen MR) is 92.8 cm³/mol. The van der Waals surface area contributed by atoms with E-state index < -0.39 is 10.8 Å². The van der Waals surface area contributed by atoms with Gasteiger partial charge in [0, 0.05) is 37.7 Å². The highest BCUT2D eigenvalue weighted by Crippen LogP contribution is 2.24. The Balaban J connectivity index is 0.00000312. The van der Waals surface area contributed by atoms with E-state index in [0.29, 0.717) is 19.8 Å². The third-order valence-corrected chi connectivity index (χ3v) is 3.80. The molecule has 0 bridgehead atoms. The predicted octanol–water partition coefficient (Wildman–Crippen LogP) is 1.15. The van der Waals surface area contributed by atoms with Crippen LogP contribution in [0.25, 0.3) is 0 Å². The van der Waals surface area contributed by atoms with Crippen molar-refractivity contribution in [1.29, 1.82) is 0 Å². The van der Waals surface area contributed by atoms with E-state index >= 15 is 0 Å². The largest absolute Gasteiger partial charge is 0.379 e. The zero-order chi connectivity index (χ0) is 17.5. The first-order valence-electron chi connectivity index (χ1n) is 7.30. The lowest BCUT2D eigenvalue weighted by molar-refractivity contribution is -0.384. The molecular formula is C14H18Cl2N4O5. The number of carbonyl (C=O) groups is 2. The number of nitro groups is 1. The minimum absolute atomic E-state index is 0. The normalized spacial score (nSPS) is 14.3. The first kappa shape index (κ1) is 21.1. The molecular weight excluding hydrogens is 375 g/mol. The summed E-state index contributed by atoms with van der Waals surface area (Å²) in [5.41, 5.74) is 4.16. The third kappa shape index (κ3) is 6.46. The van der Waals surface area contributed by atoms with Crippen LogP contribution in [0.2, 0.25) is 5.02 Å². The van der Waals surface area contributed by atoms with E-state index in [1.54, 1.807) is 0 Å². The SMILES string of the molecule is Cl.O=C(CCN1CCOCC1)NNC(=O)c1ccc(Cl)c([N+](=O)[O-])c1. The van der Waals surface area contributed by atoms with Gasteiger partial charge < -0.3 is 4.74 Å². The number of ether oxygens (including phenoxy) is 1. The molecule has 0 radical (unpaired) electrons. The molecule has 0 aliphatic carbocycles. The van der Waals surface area contributed by atoms with Crippen LogP contribution in [0.1, 0.15) is 16.8 Å². The van der Waals surface area contributed by atoms with Gasteiger partial charge in [0.05, 0.1) is 18.1 Å². The van der Waals surface area contributed by atoms with Crippen LogP contribution < -0.4 is 10.9 Å². The number of carbonyl (C=O) groups excluding carboxylic acids is 2. The van der Waals surface area contributed by atoms with Gasteiger partial charge in [-0.2, -0.15) is 0 Å². The van der Waals surface area contributed by atoms with Crippen LogP contribution >= 0.6 is 24.0 Å². The molecule has 0 spiro atoms. The second-order valence-corrected chi connectivity index (χ2v) is 5.54. The van der Waals surface area contributed by atoms with Crippen LogP contribution in [-0.2, 0) is 9.53 Å². The summed E-state index contributed by atoms with van der Waals surface area (Å²) in [6, 6.07) is 3.65. The number of rotatable bonds is 5. The van der Waals surface area contributed by atoms with Gasteiger partial charge >= 0.3 is 0 Å². The molecule has 1 fully saturated rings. The standard InChI is InChI=1S/C14H17ClN4O5.ClH/c15-11-2-1-10(9-12(11)19(22)23)14(21)17-16-13(20)3-4-18-5-7-24-8-6-18;/h1-2,9H,3-8H2,(H,16,20)(H,17,21);1H. The fourth-order valence-corrected chi connectivity index (χ4v) is 2.33. The minimum Gasteiger partial charge on any atom is -0.379 e. The number of hydrogen-bond donors (Lipinski definition) is 2. The second-order valence-electron chi connectivity index (χ2n) is 5.13. The molecule has 25 heavy (non-hydrogen) atoms. The van der Waals surface area contributed by atoms with Crippen LogP contribution in [0, 0.1) is 10.1 Å². The molecule has 2 amide bonds. The van der Waals surface area contributed by atoms with Gasteiger partial charge in [-0.15, -0.1) is 12.4 Å². The maximum absolute atomic E-state index is 11.9. The Morgan fingerprint density at radius 3 is 2.60 bits per heavy atom. The van der Waals surface area contributed by atoms with Crippen LogP contribution in [-0.4, -0.2) is 54.5 Å². The van der Waals surface area contributed by atoms with Crippen molar-refractivity contribution in [2.45, 2.75) is 6.42 Å². The molecule has 2 N–H and O–H groups in total. The third-order valence-electron chi connectivity index (χ3n) is 3.48. The molecule has 0 unspecified atom stereocenters. The van der Waals surface area contributed by atoms with Crippen molar-refractivity contribution in [3.63, 3.8) is 0 Å². The number of amides is 2. The molecule has 0 atom stereocenters. The van der Waals surface area contributed by atoms with E-state index in [2.05, 4.69) is 15.8 Å². The monoisotopic (exact) mass is 392 g/mol. The fraction of sp³-hybridized carbons (Fsp3) is 0.429. The van der Waals surface area contributed by atoms with E-state index in [9.17, 15) is 19.7 Å². The first-order valence-corrected chi connectivity index (χ1v) is 7.68. The number of hydrazine groups is 1. The number of nitrogens with zero attached hydrogens (tertiary/aromatic N) is 2. The lowest BCUT2D eigenvalue weighted by Crippen LogP contribution is -2.44. The van der Waals surface area contributed by atoms with Crippen LogP contribution in [0.5, 0.6) is 0 Å². The zero-order valence-electron chi connectivity index (χ0n) is 13.2. The van der Waals surface area contributed by atoms with Gasteiger partial charge in [-0.05, 0) is 12.1 Å². The Morgan fingerprint density at radius 1 is 1.28 bits per heavy atom. The average Bonchev–Trinajstić information content (AvgIpc) is 2.59. The molecule has 9 nitrogen and oxygen atoms in total. The molecule has 0 saturated carbocycles. The van der Waals surface area contributed by atoms with Gasteiger partial charge in [0.25, 0.3) is 11.6 Å². The lowest BCUT2D eigenvalue weighted by Gasteiger charge is -2.26. The lowest BCUT2D eigenvalue weighted by atomic mass is 10.2. The summed E-state index contributed by atoms with van der Waals surface area (Å²) in [6.07, 6.45) is 0.223. The van der Waals surface area contributed by atoms with Crippen molar-refractivity contribution < 1.29 is 19.2 Å². The summed E-state index contributed by atoms with van der Waals surface area (Å²) in [6.45, 7) is 3.40. The summed E-state index contributed by atoms with van der Waals surface area (Å²) in [5.74, 6) is -1.01. The number of benzene rings is 1. The smallest absolute Gasteiger partial charge is 0.288 e. The summed E-state index contributed by atoms with van der Waals surface area (Å²) in [5, 5.41) is 10.7. The second kappa shape index (κ2) is 10.1. The molecule has 1 aromatic carbocycles. The Kier molecular flexibility index (Phi) is 8.56. The first-order chi connectivity index (χ1) is 11.5. The molecule has 1 saturated heterocycles. The van der Waals surface area contributed by atoms with Gasteiger partial charge in [-0.25, -0.2) is 0 Å². The van der Waals surface area contributed by atoms with Gasteiger partial charge in [0.1, 0.15) is 5.02 Å². The van der Waals surface area contributed by atoms with Crippen molar-refractivity contribution in [2.24, 2.45) is 0 Å². The number of hydrogen-bond acceptors (Lipinski definition) is 6. The summed E-state index contributed by atoms with van der Waals surface area (Å²) >= 11 is 5.68. The molecule has 1 aromatic rings. The zero-order valence-corrected chi connectivity index (χ0v) is 14.8. The van der Waals surface area contributed by atoms with E-state index in [-0.39, 0.29) is 41.0 Å². The van der Waals surface area contributed by atoms with Crippen molar-refractivity contribution in [1.82, 2.24) is 15.8 Å². The Hall–Kier alpha value is -1.94. The highest BCUT2D eigenvalue weighted by atomic mass is 35.5. The van der Waals surface area contributed by atoms with Gasteiger partial charge in [0.2, 0.25) is 5.91 Å². The summed E-state index contributed by atoms with van der Waals surface area (Å²) in [4.78, 5) is 35.9. The van der Waals surface area contributed by atoms with Gasteiger partial charge in [-0.1, -0.05) is 11.6 Å².